The topological polar surface area (TPSA) is 73.4 Å². The van der Waals surface area contributed by atoms with Crippen LogP contribution >= 0.6 is 11.6 Å². The first-order valence-corrected chi connectivity index (χ1v) is 7.81. The molecule has 5 nitrogen and oxygen atoms in total. The first-order chi connectivity index (χ1) is 11.6. The Balaban J connectivity index is 1.80. The summed E-state index contributed by atoms with van der Waals surface area (Å²) in [7, 11) is 0. The molecule has 0 saturated carbocycles. The largest absolute Gasteiger partial charge is 0.366 e. The van der Waals surface area contributed by atoms with E-state index in [4.69, 9.17) is 22.1 Å². The molecule has 1 saturated heterocycles. The molecule has 1 fully saturated rings. The Bertz CT molecular complexity index is 876. The first kappa shape index (κ1) is 14.9. The second-order valence-corrected chi connectivity index (χ2v) is 6.10. The molecule has 0 aliphatic carbocycles. The zero-order valence-electron chi connectivity index (χ0n) is 12.6. The van der Waals surface area contributed by atoms with Crippen molar-refractivity contribution in [3.63, 3.8) is 0 Å². The summed E-state index contributed by atoms with van der Waals surface area (Å²) < 4.78 is 8.04. The second kappa shape index (κ2) is 5.47. The zero-order chi connectivity index (χ0) is 16.7. The summed E-state index contributed by atoms with van der Waals surface area (Å²) in [5.41, 5.74) is 7.07. The molecule has 2 atom stereocenters. The molecule has 0 bridgehead atoms. The van der Waals surface area contributed by atoms with E-state index >= 15 is 0 Å². The van der Waals surface area contributed by atoms with E-state index in [9.17, 15) is 4.79 Å². The lowest BCUT2D eigenvalue weighted by atomic mass is 9.89. The van der Waals surface area contributed by atoms with Crippen molar-refractivity contribution < 1.29 is 9.53 Å². The van der Waals surface area contributed by atoms with E-state index in [-0.39, 0.29) is 6.23 Å². The molecule has 6 heteroatoms. The van der Waals surface area contributed by atoms with Gasteiger partial charge in [0.25, 0.3) is 0 Å². The summed E-state index contributed by atoms with van der Waals surface area (Å²) in [6.45, 7) is 0. The van der Waals surface area contributed by atoms with E-state index in [2.05, 4.69) is 4.98 Å². The fourth-order valence-corrected chi connectivity index (χ4v) is 3.11. The normalized spacial score (nSPS) is 22.3. The number of aromatic nitrogens is 2. The van der Waals surface area contributed by atoms with Crippen LogP contribution in [0.2, 0.25) is 5.02 Å². The summed E-state index contributed by atoms with van der Waals surface area (Å²) >= 11 is 6.01. The molecule has 0 radical (unpaired) electrons. The van der Waals surface area contributed by atoms with Gasteiger partial charge in [0.1, 0.15) is 0 Å². The molecule has 3 aromatic rings. The number of hydrogen-bond acceptors (Lipinski definition) is 3. The highest BCUT2D eigenvalue weighted by Crippen LogP contribution is 2.58. The number of ether oxygens (including phenoxy) is 1. The Hall–Kier alpha value is -2.63. The number of primary amides is 1. The quantitative estimate of drug-likeness (QED) is 0.742. The number of imidazole rings is 1. The van der Waals surface area contributed by atoms with Gasteiger partial charge in [-0.05, 0) is 35.4 Å². The van der Waals surface area contributed by atoms with Crippen LogP contribution in [0, 0.1) is 0 Å². The molecule has 1 amide bonds. The van der Waals surface area contributed by atoms with Crippen LogP contribution in [0.15, 0.2) is 67.3 Å². The number of benzene rings is 2. The van der Waals surface area contributed by atoms with Crippen molar-refractivity contribution in [2.45, 2.75) is 11.8 Å². The lowest BCUT2D eigenvalue weighted by molar-refractivity contribution is 0.1000. The third-order valence-corrected chi connectivity index (χ3v) is 4.51. The molecule has 2 aromatic carbocycles. The van der Waals surface area contributed by atoms with Crippen LogP contribution < -0.4 is 5.73 Å². The monoisotopic (exact) mass is 339 g/mol. The predicted molar refractivity (Wildman–Crippen MR) is 89.5 cm³/mol. The number of carbonyl (C=O) groups is 1. The Morgan fingerprint density at radius 2 is 1.75 bits per heavy atom. The van der Waals surface area contributed by atoms with Crippen molar-refractivity contribution in [3.05, 3.63) is 89.0 Å². The molecule has 0 spiro atoms. The summed E-state index contributed by atoms with van der Waals surface area (Å²) in [6, 6.07) is 14.7. The van der Waals surface area contributed by atoms with E-state index in [1.54, 1.807) is 24.7 Å². The van der Waals surface area contributed by atoms with Gasteiger partial charge in [-0.2, -0.15) is 0 Å². The van der Waals surface area contributed by atoms with Gasteiger partial charge in [-0.1, -0.05) is 35.9 Å². The van der Waals surface area contributed by atoms with Crippen molar-refractivity contribution in [2.24, 2.45) is 5.73 Å². The zero-order valence-corrected chi connectivity index (χ0v) is 13.4. The van der Waals surface area contributed by atoms with Crippen LogP contribution in [0.25, 0.3) is 0 Å². The molecule has 1 aliphatic rings. The molecule has 24 heavy (non-hydrogen) atoms. The van der Waals surface area contributed by atoms with Crippen LogP contribution in [0.5, 0.6) is 0 Å². The molecular weight excluding hydrogens is 326 g/mol. The van der Waals surface area contributed by atoms with Crippen LogP contribution in [-0.4, -0.2) is 15.5 Å². The molecule has 2 N–H and O–H groups in total. The Morgan fingerprint density at radius 1 is 1.12 bits per heavy atom. The van der Waals surface area contributed by atoms with E-state index in [0.717, 1.165) is 11.1 Å². The molecule has 2 unspecified atom stereocenters. The van der Waals surface area contributed by atoms with E-state index in [1.807, 2.05) is 47.2 Å². The minimum Gasteiger partial charge on any atom is -0.366 e. The lowest BCUT2D eigenvalue weighted by Gasteiger charge is -2.15. The number of amides is 1. The highest BCUT2D eigenvalue weighted by Gasteiger charge is 2.60. The molecular formula is C18H14ClN3O2. The minimum atomic E-state index is -0.637. The van der Waals surface area contributed by atoms with Crippen molar-refractivity contribution in [1.29, 1.82) is 0 Å². The average Bonchev–Trinajstić information content (AvgIpc) is 3.11. The van der Waals surface area contributed by atoms with E-state index < -0.39 is 11.5 Å². The minimum absolute atomic E-state index is 0.208. The van der Waals surface area contributed by atoms with Crippen LogP contribution in [0.4, 0.5) is 0 Å². The van der Waals surface area contributed by atoms with Crippen LogP contribution in [0.3, 0.4) is 0 Å². The molecule has 1 aliphatic heterocycles. The summed E-state index contributed by atoms with van der Waals surface area (Å²) in [5, 5.41) is 0.665. The standard InChI is InChI=1S/C18H14ClN3O2/c19-15-7-5-14(6-8-15)18(17(24-18)22-10-9-21-11-22)13-3-1-12(2-4-13)16(20)23/h1-11,17H,(H2,20,23). The number of nitrogens with two attached hydrogens (primary N) is 1. The van der Waals surface area contributed by atoms with Crippen molar-refractivity contribution in [3.8, 4) is 0 Å². The number of carbonyl (C=O) groups excluding carboxylic acids is 1. The van der Waals surface area contributed by atoms with Gasteiger partial charge in [-0.3, -0.25) is 4.79 Å². The lowest BCUT2D eigenvalue weighted by Crippen LogP contribution is -2.16. The average molecular weight is 340 g/mol. The predicted octanol–water partition coefficient (Wildman–Crippen LogP) is 3.11. The summed E-state index contributed by atoms with van der Waals surface area (Å²) in [6.07, 6.45) is 5.09. The molecule has 120 valence electrons. The summed E-state index contributed by atoms with van der Waals surface area (Å²) in [4.78, 5) is 15.4. The van der Waals surface area contributed by atoms with Gasteiger partial charge < -0.3 is 15.0 Å². The Morgan fingerprint density at radius 3 is 2.29 bits per heavy atom. The second-order valence-electron chi connectivity index (χ2n) is 5.66. The van der Waals surface area contributed by atoms with Gasteiger partial charge in [0.2, 0.25) is 5.91 Å². The van der Waals surface area contributed by atoms with Crippen LogP contribution in [-0.2, 0) is 10.3 Å². The number of halogens is 1. The molecule has 2 heterocycles. The van der Waals surface area contributed by atoms with Gasteiger partial charge in [0.15, 0.2) is 11.8 Å². The van der Waals surface area contributed by atoms with E-state index in [0.29, 0.717) is 10.6 Å². The number of epoxide rings is 1. The van der Waals surface area contributed by atoms with E-state index in [1.165, 1.54) is 0 Å². The summed E-state index contributed by atoms with van der Waals surface area (Å²) in [5.74, 6) is -0.454. The van der Waals surface area contributed by atoms with Crippen LogP contribution in [0.1, 0.15) is 27.7 Å². The van der Waals surface area contributed by atoms with Crippen molar-refractivity contribution in [1.82, 2.24) is 9.55 Å². The van der Waals surface area contributed by atoms with Gasteiger partial charge in [-0.25, -0.2) is 4.98 Å². The first-order valence-electron chi connectivity index (χ1n) is 7.43. The van der Waals surface area contributed by atoms with Crippen molar-refractivity contribution >= 4 is 17.5 Å². The third kappa shape index (κ3) is 2.29. The highest BCUT2D eigenvalue weighted by molar-refractivity contribution is 6.30. The maximum absolute atomic E-state index is 11.3. The van der Waals surface area contributed by atoms with Gasteiger partial charge in [0, 0.05) is 23.0 Å². The fourth-order valence-electron chi connectivity index (χ4n) is 2.99. The Kier molecular flexibility index (Phi) is 3.40. The SMILES string of the molecule is NC(=O)c1ccc(C2(c3ccc(Cl)cc3)OC2n2ccnc2)cc1. The Labute approximate surface area is 143 Å². The number of hydrogen-bond donors (Lipinski definition) is 1. The molecule has 1 aromatic heterocycles. The number of rotatable bonds is 4. The molecule has 4 rings (SSSR count). The maximum atomic E-state index is 11.3. The van der Waals surface area contributed by atoms with Crippen molar-refractivity contribution in [2.75, 3.05) is 0 Å². The third-order valence-electron chi connectivity index (χ3n) is 4.26. The van der Waals surface area contributed by atoms with Gasteiger partial charge >= 0.3 is 0 Å². The van der Waals surface area contributed by atoms with Gasteiger partial charge in [0.05, 0.1) is 6.33 Å². The van der Waals surface area contributed by atoms with Gasteiger partial charge in [-0.15, -0.1) is 0 Å². The highest BCUT2D eigenvalue weighted by atomic mass is 35.5. The smallest absolute Gasteiger partial charge is 0.248 e. The fraction of sp³-hybridized carbons (Fsp3) is 0.111. The number of nitrogens with zero attached hydrogens (tertiary/aromatic N) is 2. The maximum Gasteiger partial charge on any atom is 0.248 e.